The lowest BCUT2D eigenvalue weighted by Gasteiger charge is -2.44. The van der Waals surface area contributed by atoms with Crippen molar-refractivity contribution in [2.24, 2.45) is 23.5 Å². The number of alkyl carbamates (subject to hydrolysis) is 1. The van der Waals surface area contributed by atoms with Crippen molar-refractivity contribution in [3.63, 3.8) is 0 Å². The highest BCUT2D eigenvalue weighted by Crippen LogP contribution is 2.40. The predicted octanol–water partition coefficient (Wildman–Crippen LogP) is 6.86. The Bertz CT molecular complexity index is 1110. The second kappa shape index (κ2) is 18.0. The van der Waals surface area contributed by atoms with Crippen molar-refractivity contribution < 1.29 is 32.8 Å². The highest BCUT2D eigenvalue weighted by Gasteiger charge is 2.45. The predicted molar refractivity (Wildman–Crippen MR) is 204 cm³/mol. The zero-order valence-corrected chi connectivity index (χ0v) is 36.5. The summed E-state index contributed by atoms with van der Waals surface area (Å²) in [5.41, 5.74) is 4.96. The number of rotatable bonds is 17. The minimum Gasteiger partial charge on any atom is -0.444 e. The van der Waals surface area contributed by atoms with Crippen molar-refractivity contribution in [1.82, 2.24) is 16.0 Å². The third-order valence-electron chi connectivity index (χ3n) is 10.3. The van der Waals surface area contributed by atoms with Crippen molar-refractivity contribution in [2.75, 3.05) is 0 Å². The molecule has 0 aliphatic heterocycles. The van der Waals surface area contributed by atoms with E-state index >= 15 is 0 Å². The number of nitrogens with one attached hydrogen (secondary N) is 3. The minimum atomic E-state index is -2.42. The van der Waals surface area contributed by atoms with Crippen molar-refractivity contribution in [3.05, 3.63) is 0 Å². The maximum absolute atomic E-state index is 14.5. The number of hydrogen-bond donors (Lipinski definition) is 4. The Morgan fingerprint density at radius 1 is 0.694 bits per heavy atom. The molecule has 0 aliphatic rings. The summed E-state index contributed by atoms with van der Waals surface area (Å²) >= 11 is 0. The van der Waals surface area contributed by atoms with E-state index in [0.717, 1.165) is 0 Å². The number of hydrogen-bond acceptors (Lipinski definition) is 7. The van der Waals surface area contributed by atoms with Crippen LogP contribution < -0.4 is 21.7 Å². The molecule has 0 aromatic rings. The SMILES string of the molecule is CCC(C)[C@H](NC(=O)[C@@H](NC(=O)[C@H](C[C@@H](O[Si](C)(C)C(C)(C)C)[C@H](C)NC(=O)OC(C)(C)C)C(C)O[Si](C)(C)C(C)(C)C)C(C)C)C(N)=O. The Kier molecular flexibility index (Phi) is 17.3. The smallest absolute Gasteiger partial charge is 0.407 e. The van der Waals surface area contributed by atoms with Gasteiger partial charge in [0, 0.05) is 0 Å². The second-order valence-corrected chi connectivity index (χ2v) is 27.8. The van der Waals surface area contributed by atoms with Gasteiger partial charge in [0.25, 0.3) is 0 Å². The third kappa shape index (κ3) is 15.0. The van der Waals surface area contributed by atoms with Gasteiger partial charge in [-0.25, -0.2) is 4.79 Å². The second-order valence-electron chi connectivity index (χ2n) is 18.3. The highest BCUT2D eigenvalue weighted by molar-refractivity contribution is 6.74. The fourth-order valence-corrected chi connectivity index (χ4v) is 7.61. The van der Waals surface area contributed by atoms with E-state index in [0.29, 0.717) is 6.42 Å². The van der Waals surface area contributed by atoms with Gasteiger partial charge in [-0.2, -0.15) is 0 Å². The number of primary amides is 1. The molecule has 2 unspecified atom stereocenters. The van der Waals surface area contributed by atoms with Gasteiger partial charge in [-0.3, -0.25) is 14.4 Å². The Morgan fingerprint density at radius 3 is 1.53 bits per heavy atom. The van der Waals surface area contributed by atoms with Gasteiger partial charge in [0.1, 0.15) is 17.7 Å². The fraction of sp³-hybridized carbons (Fsp3) is 0.889. The lowest BCUT2D eigenvalue weighted by atomic mass is 9.91. The van der Waals surface area contributed by atoms with Crippen molar-refractivity contribution in [3.8, 4) is 0 Å². The number of nitrogens with two attached hydrogens (primary N) is 1. The lowest BCUT2D eigenvalue weighted by Crippen LogP contribution is -2.58. The molecule has 0 aliphatic carbocycles. The Balaban J connectivity index is 6.92. The zero-order chi connectivity index (χ0) is 39.1. The quantitative estimate of drug-likeness (QED) is 0.119. The van der Waals surface area contributed by atoms with E-state index in [1.807, 2.05) is 41.5 Å². The summed E-state index contributed by atoms with van der Waals surface area (Å²) in [5.74, 6) is -2.68. The lowest BCUT2D eigenvalue weighted by molar-refractivity contribution is -0.136. The van der Waals surface area contributed by atoms with E-state index in [1.165, 1.54) is 0 Å². The van der Waals surface area contributed by atoms with Gasteiger partial charge in [0.05, 0.1) is 24.2 Å². The van der Waals surface area contributed by atoms with E-state index in [4.69, 9.17) is 19.3 Å². The number of carbonyl (C=O) groups excluding carboxylic acids is 4. The van der Waals surface area contributed by atoms with Crippen molar-refractivity contribution in [1.29, 1.82) is 0 Å². The first kappa shape index (κ1) is 47.0. The van der Waals surface area contributed by atoms with E-state index in [-0.39, 0.29) is 34.2 Å². The average molecular weight is 731 g/mol. The molecule has 49 heavy (non-hydrogen) atoms. The highest BCUT2D eigenvalue weighted by atomic mass is 28.4. The molecule has 0 aromatic carbocycles. The number of amides is 4. The van der Waals surface area contributed by atoms with Crippen LogP contribution in [0.3, 0.4) is 0 Å². The van der Waals surface area contributed by atoms with Gasteiger partial charge in [-0.05, 0) is 89.1 Å². The van der Waals surface area contributed by atoms with Crippen LogP contribution in [0.25, 0.3) is 0 Å². The van der Waals surface area contributed by atoms with Gasteiger partial charge in [-0.1, -0.05) is 75.7 Å². The molecule has 13 heteroatoms. The van der Waals surface area contributed by atoms with Crippen LogP contribution in [-0.2, 0) is 28.0 Å². The molecule has 0 heterocycles. The topological polar surface area (TPSA) is 158 Å². The van der Waals surface area contributed by atoms with E-state index in [9.17, 15) is 19.2 Å². The molecule has 0 saturated heterocycles. The monoisotopic (exact) mass is 731 g/mol. The maximum atomic E-state index is 14.5. The largest absolute Gasteiger partial charge is 0.444 e. The summed E-state index contributed by atoms with van der Waals surface area (Å²) in [6, 6.07) is -2.32. The van der Waals surface area contributed by atoms with E-state index in [2.05, 4.69) is 83.7 Å². The summed E-state index contributed by atoms with van der Waals surface area (Å²) in [6.45, 7) is 38.0. The van der Waals surface area contributed by atoms with Gasteiger partial charge in [-0.15, -0.1) is 0 Å². The molecule has 4 amide bonds. The third-order valence-corrected chi connectivity index (χ3v) is 19.4. The van der Waals surface area contributed by atoms with E-state index < -0.39 is 76.4 Å². The molecule has 0 saturated carbocycles. The van der Waals surface area contributed by atoms with E-state index in [1.54, 1.807) is 20.8 Å². The molecule has 0 bridgehead atoms. The molecular formula is C36H74N4O7Si2. The van der Waals surface area contributed by atoms with Crippen molar-refractivity contribution in [2.45, 2.75) is 189 Å². The Labute approximate surface area is 300 Å². The molecule has 0 aromatic heterocycles. The Hall–Kier alpha value is -1.97. The number of ether oxygens (including phenoxy) is 1. The molecule has 11 nitrogen and oxygen atoms in total. The molecule has 288 valence electrons. The summed E-state index contributed by atoms with van der Waals surface area (Å²) < 4.78 is 19.3. The summed E-state index contributed by atoms with van der Waals surface area (Å²) in [7, 11) is -4.77. The van der Waals surface area contributed by atoms with Crippen LogP contribution in [0.4, 0.5) is 4.79 Å². The molecular weight excluding hydrogens is 657 g/mol. The van der Waals surface area contributed by atoms with Crippen molar-refractivity contribution >= 4 is 40.4 Å². The fourth-order valence-electron chi connectivity index (χ4n) is 4.75. The average Bonchev–Trinajstić information content (AvgIpc) is 2.88. The van der Waals surface area contributed by atoms with Gasteiger partial charge in [0.2, 0.25) is 17.7 Å². The van der Waals surface area contributed by atoms with Gasteiger partial charge < -0.3 is 35.3 Å². The molecule has 0 radical (unpaired) electrons. The minimum absolute atomic E-state index is 0.120. The normalized spacial score (nSPS) is 17.6. The first-order valence-corrected chi connectivity index (χ1v) is 23.8. The van der Waals surface area contributed by atoms with Crippen LogP contribution in [-0.4, -0.2) is 76.4 Å². The van der Waals surface area contributed by atoms with Crippen LogP contribution in [0, 0.1) is 17.8 Å². The molecule has 0 fully saturated rings. The first-order chi connectivity index (χ1) is 21.8. The van der Waals surface area contributed by atoms with Crippen LogP contribution in [0.15, 0.2) is 0 Å². The molecule has 7 atom stereocenters. The molecule has 0 spiro atoms. The van der Waals surface area contributed by atoms with Crippen LogP contribution >= 0.6 is 0 Å². The van der Waals surface area contributed by atoms with Crippen LogP contribution in [0.5, 0.6) is 0 Å². The number of carbonyl (C=O) groups is 4. The summed E-state index contributed by atoms with van der Waals surface area (Å²) in [6.07, 6.45) is -0.839. The molecule has 5 N–H and O–H groups in total. The van der Waals surface area contributed by atoms with Crippen LogP contribution in [0.2, 0.25) is 36.3 Å². The molecule has 0 rings (SSSR count). The zero-order valence-electron chi connectivity index (χ0n) is 34.5. The first-order valence-electron chi connectivity index (χ1n) is 18.0. The van der Waals surface area contributed by atoms with Gasteiger partial charge >= 0.3 is 6.09 Å². The Morgan fingerprint density at radius 2 is 1.14 bits per heavy atom. The maximum Gasteiger partial charge on any atom is 0.407 e. The standard InChI is InChI=1S/C36H74N4O7Si2/c1-20-23(4)29(30(37)41)40-32(43)28(22(2)3)39-31(42)26(25(6)46-48(16,17)35(10,11)12)21-27(47-49(18,19)36(13,14)15)24(5)38-33(44)45-34(7,8)9/h22-29H,20-21H2,1-19H3,(H2,37,41)(H,38,44)(H,39,42)(H,40,43)/t23?,24-,25?,26+,27+,28-,29-/m0/s1. The van der Waals surface area contributed by atoms with Crippen LogP contribution in [0.1, 0.15) is 117 Å². The summed E-state index contributed by atoms with van der Waals surface area (Å²) in [4.78, 5) is 53.3. The van der Waals surface area contributed by atoms with Gasteiger partial charge in [0.15, 0.2) is 16.6 Å². The summed E-state index contributed by atoms with van der Waals surface area (Å²) in [5, 5.41) is 8.49.